The molecule has 19 heavy (non-hydrogen) atoms. The predicted molar refractivity (Wildman–Crippen MR) is 91.8 cm³/mol. The van der Waals surface area contributed by atoms with Gasteiger partial charge in [0.2, 0.25) is 0 Å². The van der Waals surface area contributed by atoms with E-state index in [0.29, 0.717) is 4.95 Å². The maximum absolute atomic E-state index is 3.79. The van der Waals surface area contributed by atoms with Crippen molar-refractivity contribution >= 4 is 15.9 Å². The smallest absolute Gasteiger partial charge is 0.143 e. The Bertz CT molecular complexity index is 192. The van der Waals surface area contributed by atoms with Gasteiger partial charge in [-0.1, -0.05) is 65.2 Å². The normalized spacial score (nSPS) is 13.7. The molecule has 0 aromatic heterocycles. The predicted octanol–water partition coefficient (Wildman–Crippen LogP) is 6.11. The number of halogens is 1. The molecule has 0 spiro atoms. The van der Waals surface area contributed by atoms with E-state index in [4.69, 9.17) is 0 Å². The lowest BCUT2D eigenvalue weighted by atomic mass is 10.1. The molecule has 0 N–H and O–H groups in total. The van der Waals surface area contributed by atoms with Crippen LogP contribution in [0.15, 0.2) is 0 Å². The van der Waals surface area contributed by atoms with Gasteiger partial charge >= 0.3 is 0 Å². The van der Waals surface area contributed by atoms with Crippen LogP contribution in [0, 0.1) is 0 Å². The first-order valence-corrected chi connectivity index (χ1v) is 9.43. The van der Waals surface area contributed by atoms with E-state index in [1.807, 2.05) is 0 Å². The van der Waals surface area contributed by atoms with Crippen LogP contribution in [0.2, 0.25) is 0 Å². The lowest BCUT2D eigenvalue weighted by Crippen LogP contribution is -2.45. The third-order valence-corrected chi connectivity index (χ3v) is 5.94. The lowest BCUT2D eigenvalue weighted by molar-refractivity contribution is -0.899. The number of quaternary nitrogens is 1. The molecule has 0 rings (SSSR count). The fraction of sp³-hybridized carbons (Fsp3) is 1.00. The minimum Gasteiger partial charge on any atom is -0.317 e. The molecule has 1 unspecified atom stereocenters. The third-order valence-electron chi connectivity index (χ3n) is 4.18. The summed E-state index contributed by atoms with van der Waals surface area (Å²) in [6, 6.07) is 0. The van der Waals surface area contributed by atoms with Crippen LogP contribution in [0.25, 0.3) is 0 Å². The van der Waals surface area contributed by atoms with Gasteiger partial charge in [0.05, 0.1) is 20.6 Å². The molecule has 0 aliphatic rings. The Labute approximate surface area is 130 Å². The summed E-state index contributed by atoms with van der Waals surface area (Å²) < 4.78 is 1.12. The van der Waals surface area contributed by atoms with Crippen LogP contribution in [0.1, 0.15) is 84.5 Å². The van der Waals surface area contributed by atoms with Crippen molar-refractivity contribution in [1.82, 2.24) is 0 Å². The van der Waals surface area contributed by atoms with E-state index < -0.39 is 0 Å². The second kappa shape index (κ2) is 12.2. The number of alkyl halides is 1. The van der Waals surface area contributed by atoms with Gasteiger partial charge in [-0.2, -0.15) is 0 Å². The Hall–Kier alpha value is 0.440. The van der Waals surface area contributed by atoms with E-state index in [1.54, 1.807) is 0 Å². The molecule has 0 bridgehead atoms. The summed E-state index contributed by atoms with van der Waals surface area (Å²) in [4.78, 5) is 0.617. The van der Waals surface area contributed by atoms with Gasteiger partial charge in [0.1, 0.15) is 4.95 Å². The molecular weight excluding hydrogens is 298 g/mol. The van der Waals surface area contributed by atoms with Gasteiger partial charge in [0.15, 0.2) is 0 Å². The molecule has 0 saturated heterocycles. The largest absolute Gasteiger partial charge is 0.317 e. The number of nitrogens with zero attached hydrogens (tertiary/aromatic N) is 1. The molecule has 0 fully saturated rings. The van der Waals surface area contributed by atoms with Gasteiger partial charge < -0.3 is 4.48 Å². The summed E-state index contributed by atoms with van der Waals surface area (Å²) in [5, 5.41) is 0. The van der Waals surface area contributed by atoms with Crippen LogP contribution in [-0.2, 0) is 0 Å². The fourth-order valence-corrected chi connectivity index (χ4v) is 2.85. The highest BCUT2D eigenvalue weighted by Gasteiger charge is 2.22. The summed E-state index contributed by atoms with van der Waals surface area (Å²) >= 11 is 3.79. The fourth-order valence-electron chi connectivity index (χ4n) is 2.64. The summed E-state index contributed by atoms with van der Waals surface area (Å²) in [6.07, 6.45) is 15.5. The van der Waals surface area contributed by atoms with Crippen molar-refractivity contribution in [3.05, 3.63) is 0 Å². The monoisotopic (exact) mass is 334 g/mol. The SMILES string of the molecule is CCCCCCCCCCCC[N+](C)(C)C(Br)CC. The first-order chi connectivity index (χ1) is 9.04. The zero-order valence-electron chi connectivity index (χ0n) is 13.9. The van der Waals surface area contributed by atoms with Crippen molar-refractivity contribution in [3.8, 4) is 0 Å². The Balaban J connectivity index is 3.31. The molecule has 2 heteroatoms. The van der Waals surface area contributed by atoms with Gasteiger partial charge in [-0.3, -0.25) is 0 Å². The summed E-state index contributed by atoms with van der Waals surface area (Å²) in [5.41, 5.74) is 0. The van der Waals surface area contributed by atoms with E-state index in [2.05, 4.69) is 43.9 Å². The van der Waals surface area contributed by atoms with Gasteiger partial charge in [-0.05, 0) is 28.8 Å². The van der Waals surface area contributed by atoms with Crippen LogP contribution in [0.5, 0.6) is 0 Å². The van der Waals surface area contributed by atoms with Crippen LogP contribution in [-0.4, -0.2) is 30.1 Å². The van der Waals surface area contributed by atoms with Crippen molar-refractivity contribution in [2.45, 2.75) is 89.4 Å². The molecule has 0 heterocycles. The number of hydrogen-bond donors (Lipinski definition) is 0. The average Bonchev–Trinajstić information content (AvgIpc) is 2.39. The molecule has 0 aliphatic carbocycles. The van der Waals surface area contributed by atoms with Crippen LogP contribution in [0.3, 0.4) is 0 Å². The average molecular weight is 335 g/mol. The quantitative estimate of drug-likeness (QED) is 0.165. The second-order valence-electron chi connectivity index (χ2n) is 6.53. The van der Waals surface area contributed by atoms with E-state index in [9.17, 15) is 0 Å². The zero-order chi connectivity index (χ0) is 14.6. The van der Waals surface area contributed by atoms with Crippen molar-refractivity contribution in [1.29, 1.82) is 0 Å². The van der Waals surface area contributed by atoms with Crippen molar-refractivity contribution < 1.29 is 4.48 Å². The summed E-state index contributed by atoms with van der Waals surface area (Å²) in [7, 11) is 4.69. The summed E-state index contributed by atoms with van der Waals surface area (Å²) in [6.45, 7) is 5.86. The molecule has 0 radical (unpaired) electrons. The maximum Gasteiger partial charge on any atom is 0.143 e. The molecule has 1 atom stereocenters. The minimum atomic E-state index is 0.617. The molecule has 0 aromatic rings. The highest BCUT2D eigenvalue weighted by molar-refractivity contribution is 9.09. The Kier molecular flexibility index (Phi) is 12.5. The van der Waals surface area contributed by atoms with Crippen LogP contribution < -0.4 is 0 Å². The number of rotatable bonds is 13. The van der Waals surface area contributed by atoms with Crippen LogP contribution >= 0.6 is 15.9 Å². The lowest BCUT2D eigenvalue weighted by Gasteiger charge is -2.34. The first-order valence-electron chi connectivity index (χ1n) is 8.51. The van der Waals surface area contributed by atoms with Crippen LogP contribution in [0.4, 0.5) is 0 Å². The number of unbranched alkanes of at least 4 members (excludes halogenated alkanes) is 9. The highest BCUT2D eigenvalue weighted by Crippen LogP contribution is 2.18. The zero-order valence-corrected chi connectivity index (χ0v) is 15.5. The molecule has 1 nitrogen and oxygen atoms in total. The Morgan fingerprint density at radius 3 is 1.58 bits per heavy atom. The van der Waals surface area contributed by atoms with E-state index in [1.165, 1.54) is 77.2 Å². The topological polar surface area (TPSA) is 0 Å². The van der Waals surface area contributed by atoms with Crippen molar-refractivity contribution in [2.75, 3.05) is 20.6 Å². The third kappa shape index (κ3) is 10.8. The van der Waals surface area contributed by atoms with E-state index in [-0.39, 0.29) is 0 Å². The molecule has 0 aliphatic heterocycles. The molecule has 116 valence electrons. The Morgan fingerprint density at radius 1 is 0.737 bits per heavy atom. The summed E-state index contributed by atoms with van der Waals surface area (Å²) in [5.74, 6) is 0. The minimum absolute atomic E-state index is 0.617. The molecule has 0 amide bonds. The Morgan fingerprint density at radius 2 is 1.16 bits per heavy atom. The van der Waals surface area contributed by atoms with Gasteiger partial charge in [-0.25, -0.2) is 0 Å². The molecule has 0 aromatic carbocycles. The maximum atomic E-state index is 3.79. The van der Waals surface area contributed by atoms with Gasteiger partial charge in [0.25, 0.3) is 0 Å². The van der Waals surface area contributed by atoms with Crippen molar-refractivity contribution in [3.63, 3.8) is 0 Å². The second-order valence-corrected chi connectivity index (χ2v) is 7.58. The first kappa shape index (κ1) is 19.4. The van der Waals surface area contributed by atoms with E-state index >= 15 is 0 Å². The number of hydrogen-bond acceptors (Lipinski definition) is 0. The highest BCUT2D eigenvalue weighted by atomic mass is 79.9. The molecular formula is C17H37BrN+. The van der Waals surface area contributed by atoms with E-state index in [0.717, 1.165) is 4.48 Å². The standard InChI is InChI=1S/C17H37BrN/c1-5-7-8-9-10-11-12-13-14-15-16-19(3,4)17(18)6-2/h17H,5-16H2,1-4H3/q+1. The van der Waals surface area contributed by atoms with Crippen molar-refractivity contribution in [2.24, 2.45) is 0 Å². The van der Waals surface area contributed by atoms with Gasteiger partial charge in [0, 0.05) is 6.42 Å². The molecule has 0 saturated carbocycles. The van der Waals surface area contributed by atoms with Gasteiger partial charge in [-0.15, -0.1) is 0 Å².